The van der Waals surface area contributed by atoms with E-state index in [1.54, 1.807) is 19.1 Å². The molecule has 1 rings (SSSR count). The number of aliphatic imine (C=N–C) groups is 1. The van der Waals surface area contributed by atoms with Gasteiger partial charge in [0.1, 0.15) is 11.7 Å². The van der Waals surface area contributed by atoms with Crippen molar-refractivity contribution in [1.29, 1.82) is 0 Å². The third kappa shape index (κ3) is 2.55. The van der Waals surface area contributed by atoms with Gasteiger partial charge in [-0.15, -0.1) is 0 Å². The fourth-order valence-corrected chi connectivity index (χ4v) is 1.08. The summed E-state index contributed by atoms with van der Waals surface area (Å²) in [6.07, 6.45) is 0.940. The van der Waals surface area contributed by atoms with Crippen LogP contribution in [0.4, 0.5) is 4.39 Å². The summed E-state index contributed by atoms with van der Waals surface area (Å²) in [7, 11) is 0. The quantitative estimate of drug-likeness (QED) is 0.581. The number of aryl methyl sites for hydroxylation is 1. The first-order chi connectivity index (χ1) is 6.65. The van der Waals surface area contributed by atoms with Gasteiger partial charge in [0, 0.05) is 12.1 Å². The lowest BCUT2D eigenvalue weighted by atomic mass is 10.1. The molecule has 0 aromatic heterocycles. The lowest BCUT2D eigenvalue weighted by Gasteiger charge is -2.02. The summed E-state index contributed by atoms with van der Waals surface area (Å²) in [5, 5.41) is 0. The van der Waals surface area contributed by atoms with E-state index in [2.05, 4.69) is 4.99 Å². The van der Waals surface area contributed by atoms with Crippen molar-refractivity contribution >= 4 is 5.84 Å². The van der Waals surface area contributed by atoms with E-state index in [1.807, 2.05) is 6.92 Å². The van der Waals surface area contributed by atoms with Gasteiger partial charge < -0.3 is 5.73 Å². The van der Waals surface area contributed by atoms with E-state index in [9.17, 15) is 4.39 Å². The minimum Gasteiger partial charge on any atom is -0.384 e. The average molecular weight is 194 g/mol. The van der Waals surface area contributed by atoms with Crippen LogP contribution in [0, 0.1) is 12.7 Å². The Hall–Kier alpha value is -1.38. The molecule has 0 aliphatic carbocycles. The molecule has 0 aliphatic heterocycles. The molecule has 0 saturated carbocycles. The van der Waals surface area contributed by atoms with Crippen molar-refractivity contribution in [2.24, 2.45) is 10.7 Å². The number of nitrogens with zero attached hydrogens (tertiary/aromatic N) is 1. The molecule has 2 N–H and O–H groups in total. The first-order valence-electron chi connectivity index (χ1n) is 4.71. The van der Waals surface area contributed by atoms with Crippen LogP contribution in [0.2, 0.25) is 0 Å². The van der Waals surface area contributed by atoms with Gasteiger partial charge in [-0.05, 0) is 25.0 Å². The third-order valence-electron chi connectivity index (χ3n) is 1.97. The van der Waals surface area contributed by atoms with Gasteiger partial charge in [0.2, 0.25) is 0 Å². The van der Waals surface area contributed by atoms with Crippen LogP contribution < -0.4 is 5.73 Å². The number of amidine groups is 1. The minimum atomic E-state index is -0.239. The molecule has 14 heavy (non-hydrogen) atoms. The molecular weight excluding hydrogens is 179 g/mol. The predicted octanol–water partition coefficient (Wildman–Crippen LogP) is 2.25. The van der Waals surface area contributed by atoms with Crippen molar-refractivity contribution in [3.8, 4) is 0 Å². The van der Waals surface area contributed by atoms with Gasteiger partial charge in [-0.25, -0.2) is 4.39 Å². The molecule has 0 amide bonds. The van der Waals surface area contributed by atoms with Crippen LogP contribution in [-0.4, -0.2) is 12.4 Å². The normalized spacial score (nSPS) is 11.8. The molecule has 0 bridgehead atoms. The van der Waals surface area contributed by atoms with Crippen LogP contribution in [-0.2, 0) is 0 Å². The molecule has 0 atom stereocenters. The monoisotopic (exact) mass is 194 g/mol. The highest BCUT2D eigenvalue weighted by Crippen LogP contribution is 2.08. The van der Waals surface area contributed by atoms with E-state index in [-0.39, 0.29) is 5.82 Å². The topological polar surface area (TPSA) is 38.4 Å². The molecule has 0 fully saturated rings. The van der Waals surface area contributed by atoms with Gasteiger partial charge in [0.05, 0.1) is 0 Å². The van der Waals surface area contributed by atoms with Gasteiger partial charge in [-0.1, -0.05) is 19.1 Å². The Balaban J connectivity index is 2.91. The van der Waals surface area contributed by atoms with Gasteiger partial charge in [0.25, 0.3) is 0 Å². The molecule has 2 nitrogen and oxygen atoms in total. The number of benzene rings is 1. The number of rotatable bonds is 3. The molecule has 0 heterocycles. The standard InChI is InChI=1S/C11H15FN2/c1-3-6-14-11(13)9-5-4-8(2)10(12)7-9/h4-5,7H,3,6H2,1-2H3,(H2,13,14). The number of halogens is 1. The summed E-state index contributed by atoms with van der Waals surface area (Å²) in [5.74, 6) is 0.169. The molecular formula is C11H15FN2. The molecule has 1 aromatic carbocycles. The third-order valence-corrected chi connectivity index (χ3v) is 1.97. The van der Waals surface area contributed by atoms with Crippen molar-refractivity contribution < 1.29 is 4.39 Å². The maximum atomic E-state index is 13.2. The van der Waals surface area contributed by atoms with E-state index in [1.165, 1.54) is 6.07 Å². The minimum absolute atomic E-state index is 0.239. The molecule has 76 valence electrons. The maximum absolute atomic E-state index is 13.2. The fourth-order valence-electron chi connectivity index (χ4n) is 1.08. The van der Waals surface area contributed by atoms with Gasteiger partial charge in [-0.3, -0.25) is 4.99 Å². The number of nitrogens with two attached hydrogens (primary N) is 1. The van der Waals surface area contributed by atoms with E-state index in [0.29, 0.717) is 23.5 Å². The Bertz CT molecular complexity index is 345. The molecule has 0 saturated heterocycles. The predicted molar refractivity (Wildman–Crippen MR) is 57.0 cm³/mol. The van der Waals surface area contributed by atoms with Gasteiger partial charge >= 0.3 is 0 Å². The maximum Gasteiger partial charge on any atom is 0.126 e. The summed E-state index contributed by atoms with van der Waals surface area (Å²) in [6.45, 7) is 4.42. The Morgan fingerprint density at radius 1 is 1.50 bits per heavy atom. The number of hydrogen-bond donors (Lipinski definition) is 1. The van der Waals surface area contributed by atoms with Crippen molar-refractivity contribution in [1.82, 2.24) is 0 Å². The van der Waals surface area contributed by atoms with Crippen molar-refractivity contribution in [3.63, 3.8) is 0 Å². The Morgan fingerprint density at radius 2 is 2.21 bits per heavy atom. The molecule has 3 heteroatoms. The van der Waals surface area contributed by atoms with E-state index < -0.39 is 0 Å². The largest absolute Gasteiger partial charge is 0.384 e. The van der Waals surface area contributed by atoms with Gasteiger partial charge in [-0.2, -0.15) is 0 Å². The smallest absolute Gasteiger partial charge is 0.126 e. The zero-order valence-corrected chi connectivity index (χ0v) is 8.55. The van der Waals surface area contributed by atoms with E-state index >= 15 is 0 Å². The summed E-state index contributed by atoms with van der Waals surface area (Å²) in [5.41, 5.74) is 6.96. The Morgan fingerprint density at radius 3 is 2.79 bits per heavy atom. The average Bonchev–Trinajstić information content (AvgIpc) is 2.18. The first kappa shape index (κ1) is 10.7. The Kier molecular flexibility index (Phi) is 3.63. The molecule has 0 aliphatic rings. The van der Waals surface area contributed by atoms with Crippen molar-refractivity contribution in [3.05, 3.63) is 35.1 Å². The second kappa shape index (κ2) is 4.74. The highest BCUT2D eigenvalue weighted by Gasteiger charge is 2.01. The highest BCUT2D eigenvalue weighted by molar-refractivity contribution is 5.97. The SMILES string of the molecule is CCCN=C(N)c1ccc(C)c(F)c1. The molecule has 0 radical (unpaired) electrons. The molecule has 0 unspecified atom stereocenters. The fraction of sp³-hybridized carbons (Fsp3) is 0.364. The summed E-state index contributed by atoms with van der Waals surface area (Å²) >= 11 is 0. The Labute approximate surface area is 83.7 Å². The van der Waals surface area contributed by atoms with Crippen LogP contribution in [0.3, 0.4) is 0 Å². The zero-order valence-electron chi connectivity index (χ0n) is 8.55. The van der Waals surface area contributed by atoms with Crippen LogP contribution in [0.15, 0.2) is 23.2 Å². The highest BCUT2D eigenvalue weighted by atomic mass is 19.1. The van der Waals surface area contributed by atoms with E-state index in [0.717, 1.165) is 6.42 Å². The lowest BCUT2D eigenvalue weighted by molar-refractivity contribution is 0.618. The van der Waals surface area contributed by atoms with Crippen LogP contribution >= 0.6 is 0 Å². The molecule has 1 aromatic rings. The van der Waals surface area contributed by atoms with Crippen LogP contribution in [0.25, 0.3) is 0 Å². The summed E-state index contributed by atoms with van der Waals surface area (Å²) in [6, 6.07) is 4.91. The summed E-state index contributed by atoms with van der Waals surface area (Å²) in [4.78, 5) is 4.11. The first-order valence-corrected chi connectivity index (χ1v) is 4.71. The van der Waals surface area contributed by atoms with E-state index in [4.69, 9.17) is 5.73 Å². The molecule has 0 spiro atoms. The second-order valence-electron chi connectivity index (χ2n) is 3.23. The summed E-state index contributed by atoms with van der Waals surface area (Å²) < 4.78 is 13.2. The van der Waals surface area contributed by atoms with Gasteiger partial charge in [0.15, 0.2) is 0 Å². The number of hydrogen-bond acceptors (Lipinski definition) is 1. The van der Waals surface area contributed by atoms with Crippen LogP contribution in [0.1, 0.15) is 24.5 Å². The van der Waals surface area contributed by atoms with Crippen LogP contribution in [0.5, 0.6) is 0 Å². The second-order valence-corrected chi connectivity index (χ2v) is 3.23. The lowest BCUT2D eigenvalue weighted by Crippen LogP contribution is -2.14. The van der Waals surface area contributed by atoms with Crippen molar-refractivity contribution in [2.45, 2.75) is 20.3 Å². The zero-order chi connectivity index (χ0) is 10.6. The van der Waals surface area contributed by atoms with Crippen molar-refractivity contribution in [2.75, 3.05) is 6.54 Å².